The summed E-state index contributed by atoms with van der Waals surface area (Å²) >= 11 is 0. The number of ether oxygens (including phenoxy) is 3. The first-order valence-corrected chi connectivity index (χ1v) is 29.6. The molecule has 1 heterocycles. The minimum atomic E-state index is -4.86. The van der Waals surface area contributed by atoms with Crippen LogP contribution in [0.25, 0.3) is 44.3 Å². The number of hydrogen-bond acceptors (Lipinski definition) is 20. The molecule has 1 atom stereocenters. The van der Waals surface area contributed by atoms with Crippen molar-refractivity contribution in [1.29, 1.82) is 0 Å². The van der Waals surface area contributed by atoms with Crippen molar-refractivity contribution in [3.8, 4) is 28.7 Å². The molecule has 0 aliphatic heterocycles. The molecule has 25 nitrogen and oxygen atoms in total. The quantitative estimate of drug-likeness (QED) is 0.0285. The number of phenols is 1. The first-order valence-electron chi connectivity index (χ1n) is 23.6. The largest absolute Gasteiger partial charge is 0.505 e. The fourth-order valence-electron chi connectivity index (χ4n) is 8.67. The van der Waals surface area contributed by atoms with Gasteiger partial charge in [0.25, 0.3) is 40.5 Å². The van der Waals surface area contributed by atoms with E-state index in [1.165, 1.54) is 48.3 Å². The van der Waals surface area contributed by atoms with Gasteiger partial charge in [-0.05, 0) is 122 Å². The zero-order valence-corrected chi connectivity index (χ0v) is 45.4. The van der Waals surface area contributed by atoms with Gasteiger partial charge in [0.05, 0.1) is 48.0 Å². The number of fused-ring (bicyclic) bond motifs is 5. The van der Waals surface area contributed by atoms with Crippen molar-refractivity contribution in [3.05, 3.63) is 131 Å². The third-order valence-electron chi connectivity index (χ3n) is 12.5. The number of azo groups is 3. The Labute approximate surface area is 457 Å². The predicted octanol–water partition coefficient (Wildman–Crippen LogP) is 11.2. The Hall–Kier alpha value is -8.16. The minimum Gasteiger partial charge on any atom is -0.505 e. The maximum Gasteiger partial charge on any atom is 0.297 e. The molecule has 1 aliphatic rings. The van der Waals surface area contributed by atoms with Gasteiger partial charge in [-0.3, -0.25) is 18.2 Å². The van der Waals surface area contributed by atoms with Crippen LogP contribution in [0.5, 0.6) is 23.0 Å². The van der Waals surface area contributed by atoms with E-state index >= 15 is 0 Å². The van der Waals surface area contributed by atoms with Gasteiger partial charge < -0.3 is 19.3 Å². The fourth-order valence-corrected chi connectivity index (χ4v) is 11.7. The highest BCUT2D eigenvalue weighted by molar-refractivity contribution is 7.90. The molecular weight excluding hydrogens is 1120 g/mol. The van der Waals surface area contributed by atoms with E-state index in [1.54, 1.807) is 74.5 Å². The molecule has 1 aromatic heterocycles. The molecule has 7 aromatic carbocycles. The standard InChI is InChI=1S/C51H45N9O16S4/c1-5-18-75-45-9-6-8-36-34(45)13-17-40(51(36)80(71,72)73)53-54-42-27-47(76-19-7-20-77(62,63)64)44(22-29(42)3)57-55-41-26-46(74-4)43(21-28(41)2)56-52-39-15-10-30-23-31(11-12-33(30)50(39)61)60-58-38-16-14-35-37(49(38)59-60)24-32(78(65,66)67)25-48(35)79(68,69)70/h1,6,8-17,21-24,26-27,48,61H,5,7,18-20,25H2,2-4H3,(H,62,63,64)(H,65,66,67)(H,68,69,70)(H,71,72,73). The number of methoxy groups -OCH3 is 1. The number of aryl methyl sites for hydroxylation is 2. The summed E-state index contributed by atoms with van der Waals surface area (Å²) in [5.74, 6) is -0.228. The molecule has 0 amide bonds. The fraction of sp³-hybridized carbons (Fsp3) is 0.196. The van der Waals surface area contributed by atoms with E-state index in [1.807, 2.05) is 0 Å². The smallest absolute Gasteiger partial charge is 0.297 e. The second kappa shape index (κ2) is 22.2. The molecule has 0 saturated carbocycles. The lowest BCUT2D eigenvalue weighted by Crippen LogP contribution is -2.20. The average Bonchev–Trinajstić information content (AvgIpc) is 3.86. The highest BCUT2D eigenvalue weighted by Gasteiger charge is 2.36. The molecule has 8 aromatic rings. The van der Waals surface area contributed by atoms with E-state index < -0.39 is 67.7 Å². The van der Waals surface area contributed by atoms with Gasteiger partial charge >= 0.3 is 0 Å². The SMILES string of the molecule is [CH]CCOc1cccc2c(S(=O)(=O)O)c(N=Nc3cc(OCCCS(=O)(=O)O)c(N=Nc4cc(OC)c(N=Nc5ccc6cc(-n7nc8ccc9c(c8n7)C=C(S(=O)(=O)O)CC9S(=O)(=O)O)ccc6c5O)cc4C)cc3C)ccc12. The van der Waals surface area contributed by atoms with Gasteiger partial charge in [0.2, 0.25) is 0 Å². The summed E-state index contributed by atoms with van der Waals surface area (Å²) in [6.45, 7) is 8.92. The molecule has 1 unspecified atom stereocenters. The van der Waals surface area contributed by atoms with E-state index in [2.05, 4.69) is 40.9 Å². The third-order valence-corrected chi connectivity index (χ3v) is 16.3. The van der Waals surface area contributed by atoms with Crippen LogP contribution in [0.15, 0.2) is 138 Å². The molecule has 2 radical (unpaired) electrons. The molecule has 0 fully saturated rings. The molecule has 29 heteroatoms. The predicted molar refractivity (Wildman–Crippen MR) is 293 cm³/mol. The number of rotatable bonds is 19. The van der Waals surface area contributed by atoms with Crippen molar-refractivity contribution in [2.24, 2.45) is 30.7 Å². The van der Waals surface area contributed by atoms with Crippen LogP contribution in [0, 0.1) is 20.8 Å². The molecule has 0 spiro atoms. The molecule has 80 heavy (non-hydrogen) atoms. The molecule has 9 rings (SSSR count). The highest BCUT2D eigenvalue weighted by Crippen LogP contribution is 2.44. The average molecular weight is 1170 g/mol. The Balaban J connectivity index is 0.979. The maximum atomic E-state index is 12.8. The monoisotopic (exact) mass is 1170 g/mol. The van der Waals surface area contributed by atoms with Crippen LogP contribution in [-0.2, 0) is 40.5 Å². The summed E-state index contributed by atoms with van der Waals surface area (Å²) < 4.78 is 154. The number of aromatic hydroxyl groups is 1. The van der Waals surface area contributed by atoms with Crippen LogP contribution in [-0.4, -0.2) is 98.1 Å². The third kappa shape index (κ3) is 12.2. The summed E-state index contributed by atoms with van der Waals surface area (Å²) in [5, 5.41) is 46.0. The molecule has 1 aliphatic carbocycles. The molecule has 5 N–H and O–H groups in total. The minimum absolute atomic E-state index is 0.0380. The van der Waals surface area contributed by atoms with Crippen LogP contribution >= 0.6 is 0 Å². The van der Waals surface area contributed by atoms with Crippen molar-refractivity contribution in [2.45, 2.75) is 43.3 Å². The van der Waals surface area contributed by atoms with Gasteiger partial charge in [0.1, 0.15) is 61.2 Å². The second-order valence-corrected chi connectivity index (χ2v) is 23.9. The second-order valence-electron chi connectivity index (χ2n) is 17.9. The Kier molecular flexibility index (Phi) is 15.7. The number of nitrogens with zero attached hydrogens (tertiary/aromatic N) is 9. The topological polar surface area (TPSA) is 370 Å². The van der Waals surface area contributed by atoms with Crippen LogP contribution in [0.1, 0.15) is 46.8 Å². The zero-order chi connectivity index (χ0) is 57.5. The molecule has 414 valence electrons. The van der Waals surface area contributed by atoms with Gasteiger partial charge in [-0.25, -0.2) is 0 Å². The first-order chi connectivity index (χ1) is 37.8. The number of allylic oxidation sites excluding steroid dienone is 1. The first kappa shape index (κ1) is 56.6. The number of hydrogen-bond donors (Lipinski definition) is 5. The normalized spacial score (nSPS) is 14.4. The summed E-state index contributed by atoms with van der Waals surface area (Å²) in [4.78, 5) is 0.0810. The van der Waals surface area contributed by atoms with E-state index in [0.29, 0.717) is 44.4 Å². The Bertz CT molecular complexity index is 4430. The number of aromatic nitrogens is 3. The van der Waals surface area contributed by atoms with E-state index in [4.69, 9.17) is 21.1 Å². The van der Waals surface area contributed by atoms with E-state index in [0.717, 1.165) is 6.08 Å². The summed E-state index contributed by atoms with van der Waals surface area (Å²) in [6.07, 6.45) is 0.501. The lowest BCUT2D eigenvalue weighted by Gasteiger charge is -2.22. The highest BCUT2D eigenvalue weighted by atomic mass is 32.2. The Morgan fingerprint density at radius 2 is 1.26 bits per heavy atom. The lowest BCUT2D eigenvalue weighted by molar-refractivity contribution is 0.317. The van der Waals surface area contributed by atoms with Gasteiger partial charge in [0, 0.05) is 40.3 Å². The van der Waals surface area contributed by atoms with Crippen molar-refractivity contribution in [3.63, 3.8) is 0 Å². The molecule has 0 saturated heterocycles. The van der Waals surface area contributed by atoms with Crippen LogP contribution in [0.4, 0.5) is 34.1 Å². The van der Waals surface area contributed by atoms with Gasteiger partial charge in [-0.1, -0.05) is 24.3 Å². The van der Waals surface area contributed by atoms with E-state index in [9.17, 15) is 57.0 Å². The van der Waals surface area contributed by atoms with E-state index in [-0.39, 0.29) is 99.3 Å². The summed E-state index contributed by atoms with van der Waals surface area (Å²) in [5.41, 5.74) is 2.63. The van der Waals surface area contributed by atoms with Crippen LogP contribution in [0.3, 0.4) is 0 Å². The Morgan fingerprint density at radius 3 is 1.91 bits per heavy atom. The zero-order valence-electron chi connectivity index (χ0n) is 42.1. The molecular formula is C51H45N9O16S4. The van der Waals surface area contributed by atoms with Crippen molar-refractivity contribution in [1.82, 2.24) is 15.0 Å². The van der Waals surface area contributed by atoms with Crippen LogP contribution < -0.4 is 14.2 Å². The van der Waals surface area contributed by atoms with Gasteiger partial charge in [-0.15, -0.1) is 30.7 Å². The van der Waals surface area contributed by atoms with Crippen LogP contribution in [0.2, 0.25) is 0 Å². The van der Waals surface area contributed by atoms with Crippen molar-refractivity contribution < 1.29 is 71.2 Å². The van der Waals surface area contributed by atoms with Crippen molar-refractivity contribution >= 4 is 113 Å². The lowest BCUT2D eigenvalue weighted by atomic mass is 9.95. The summed E-state index contributed by atoms with van der Waals surface area (Å²) in [6, 6.07) is 24.5. The Morgan fingerprint density at radius 1 is 0.637 bits per heavy atom. The van der Waals surface area contributed by atoms with Gasteiger partial charge in [-0.2, -0.15) is 48.7 Å². The number of phenolic OH excluding ortho intramolecular Hbond substituents is 1. The molecule has 0 bridgehead atoms. The summed E-state index contributed by atoms with van der Waals surface area (Å²) in [7, 11) is -17.4. The van der Waals surface area contributed by atoms with Crippen molar-refractivity contribution in [2.75, 3.05) is 26.1 Å². The van der Waals surface area contributed by atoms with Gasteiger partial charge in [0.15, 0.2) is 5.75 Å². The number of benzene rings is 7. The maximum absolute atomic E-state index is 12.8.